The molecule has 5 N–H and O–H groups in total. The van der Waals surface area contributed by atoms with Gasteiger partial charge in [0.2, 0.25) is 0 Å². The number of carbonyl (C=O) groups is 1. The maximum Gasteiger partial charge on any atom is 0.407 e. The summed E-state index contributed by atoms with van der Waals surface area (Å²) in [4.78, 5) is 15.5. The lowest BCUT2D eigenvalue weighted by atomic mass is 10.1. The second-order valence-corrected chi connectivity index (χ2v) is 6.00. The summed E-state index contributed by atoms with van der Waals surface area (Å²) < 4.78 is 5.64. The number of halogens is 1. The molecule has 0 bridgehead atoms. The molecule has 0 aliphatic rings. The van der Waals surface area contributed by atoms with E-state index in [4.69, 9.17) is 10.5 Å². The Labute approximate surface area is 147 Å². The van der Waals surface area contributed by atoms with Crippen molar-refractivity contribution >= 4 is 27.8 Å². The number of ether oxygens (including phenoxy) is 1. The number of hydrogen-bond acceptors (Lipinski definition) is 6. The number of nitrogens with two attached hydrogens (primary N) is 1. The summed E-state index contributed by atoms with van der Waals surface area (Å²) in [6.45, 7) is -0.0748. The molecule has 0 spiro atoms. The van der Waals surface area contributed by atoms with E-state index in [1.807, 2.05) is 30.3 Å². The third-order valence-electron chi connectivity index (χ3n) is 3.27. The van der Waals surface area contributed by atoms with Crippen LogP contribution in [-0.4, -0.2) is 33.9 Å². The Balaban J connectivity index is 1.82. The van der Waals surface area contributed by atoms with Gasteiger partial charge in [0.05, 0.1) is 0 Å². The van der Waals surface area contributed by atoms with Crippen LogP contribution in [0, 0.1) is 0 Å². The molecule has 1 heterocycles. The van der Waals surface area contributed by atoms with Crippen LogP contribution in [0.2, 0.25) is 0 Å². The largest absolute Gasteiger partial charge is 0.445 e. The molecule has 0 aliphatic carbocycles. The molecule has 0 radical (unpaired) electrons. The number of aromatic nitrogens is 1. The molecule has 1 aromatic carbocycles. The Bertz CT molecular complexity index is 684. The van der Waals surface area contributed by atoms with Gasteiger partial charge in [-0.05, 0) is 27.6 Å². The van der Waals surface area contributed by atoms with Crippen molar-refractivity contribution in [1.82, 2.24) is 10.3 Å². The van der Waals surface area contributed by atoms with Crippen molar-refractivity contribution in [2.45, 2.75) is 18.8 Å². The van der Waals surface area contributed by atoms with Crippen molar-refractivity contribution < 1.29 is 19.7 Å². The minimum atomic E-state index is -1.29. The lowest BCUT2D eigenvalue weighted by molar-refractivity contribution is 0.0186. The van der Waals surface area contributed by atoms with Crippen LogP contribution in [0.15, 0.2) is 47.1 Å². The molecule has 8 heteroatoms. The standard InChI is InChI=1S/C16H18BrN3O4/c17-11-6-12(15(18)19-7-11)14(22)13(21)8-20-16(23)24-9-10-4-2-1-3-5-10/h1-7,13-14,21-22H,8-9H2,(H2,18,19)(H,20,23). The van der Waals surface area contributed by atoms with Gasteiger partial charge in [0, 0.05) is 22.8 Å². The van der Waals surface area contributed by atoms with E-state index in [1.54, 1.807) is 6.07 Å². The summed E-state index contributed by atoms with van der Waals surface area (Å²) in [7, 11) is 0. The predicted octanol–water partition coefficient (Wildman–Crippen LogP) is 1.75. The van der Waals surface area contributed by atoms with Crippen molar-refractivity contribution in [3.05, 3.63) is 58.2 Å². The van der Waals surface area contributed by atoms with Gasteiger partial charge in [-0.2, -0.15) is 0 Å². The van der Waals surface area contributed by atoms with Crippen molar-refractivity contribution in [1.29, 1.82) is 0 Å². The van der Waals surface area contributed by atoms with Crippen LogP contribution in [0.1, 0.15) is 17.2 Å². The van der Waals surface area contributed by atoms with Crippen LogP contribution in [0.3, 0.4) is 0 Å². The molecule has 2 unspecified atom stereocenters. The number of aliphatic hydroxyl groups is 2. The topological polar surface area (TPSA) is 118 Å². The molecular formula is C16H18BrN3O4. The van der Waals surface area contributed by atoms with Crippen LogP contribution < -0.4 is 11.1 Å². The van der Waals surface area contributed by atoms with Gasteiger partial charge in [0.15, 0.2) is 0 Å². The summed E-state index contributed by atoms with van der Waals surface area (Å²) in [5.41, 5.74) is 6.80. The summed E-state index contributed by atoms with van der Waals surface area (Å²) in [5, 5.41) is 22.5. The van der Waals surface area contributed by atoms with Crippen LogP contribution in [-0.2, 0) is 11.3 Å². The van der Waals surface area contributed by atoms with Crippen molar-refractivity contribution in [3.63, 3.8) is 0 Å². The maximum atomic E-state index is 11.6. The highest BCUT2D eigenvalue weighted by molar-refractivity contribution is 9.10. The Morgan fingerprint density at radius 3 is 2.75 bits per heavy atom. The molecule has 7 nitrogen and oxygen atoms in total. The number of pyridine rings is 1. The third kappa shape index (κ3) is 5.19. The second kappa shape index (κ2) is 8.62. The minimum Gasteiger partial charge on any atom is -0.445 e. The number of aliphatic hydroxyl groups excluding tert-OH is 2. The van der Waals surface area contributed by atoms with Crippen LogP contribution in [0.25, 0.3) is 0 Å². The zero-order valence-electron chi connectivity index (χ0n) is 12.7. The molecule has 1 aromatic heterocycles. The summed E-state index contributed by atoms with van der Waals surface area (Å²) >= 11 is 3.22. The number of nitrogen functional groups attached to an aromatic ring is 1. The number of benzene rings is 1. The van der Waals surface area contributed by atoms with Gasteiger partial charge in [-0.15, -0.1) is 0 Å². The highest BCUT2D eigenvalue weighted by atomic mass is 79.9. The fraction of sp³-hybridized carbons (Fsp3) is 0.250. The number of rotatable bonds is 6. The number of nitrogens with zero attached hydrogens (tertiary/aromatic N) is 1. The SMILES string of the molecule is Nc1ncc(Br)cc1C(O)C(O)CNC(=O)OCc1ccccc1. The number of nitrogens with one attached hydrogen (secondary N) is 1. The first-order valence-corrected chi connectivity index (χ1v) is 7.98. The second-order valence-electron chi connectivity index (χ2n) is 5.08. The summed E-state index contributed by atoms with van der Waals surface area (Å²) in [5.74, 6) is 0.108. The Kier molecular flexibility index (Phi) is 6.53. The van der Waals surface area contributed by atoms with Crippen molar-refractivity contribution in [3.8, 4) is 0 Å². The van der Waals surface area contributed by atoms with Gasteiger partial charge in [-0.1, -0.05) is 30.3 Å². The van der Waals surface area contributed by atoms with Crippen LogP contribution >= 0.6 is 15.9 Å². The molecular weight excluding hydrogens is 378 g/mol. The van der Waals surface area contributed by atoms with Gasteiger partial charge in [-0.25, -0.2) is 9.78 Å². The zero-order chi connectivity index (χ0) is 17.5. The fourth-order valence-electron chi connectivity index (χ4n) is 1.98. The van der Waals surface area contributed by atoms with Gasteiger partial charge in [0.25, 0.3) is 0 Å². The van der Waals surface area contributed by atoms with Crippen molar-refractivity contribution in [2.75, 3.05) is 12.3 Å². The zero-order valence-corrected chi connectivity index (χ0v) is 14.3. The maximum absolute atomic E-state index is 11.6. The van der Waals surface area contributed by atoms with E-state index in [2.05, 4.69) is 26.2 Å². The van der Waals surface area contributed by atoms with E-state index < -0.39 is 18.3 Å². The highest BCUT2D eigenvalue weighted by Crippen LogP contribution is 2.24. The van der Waals surface area contributed by atoms with E-state index in [9.17, 15) is 15.0 Å². The predicted molar refractivity (Wildman–Crippen MR) is 91.9 cm³/mol. The van der Waals surface area contributed by atoms with E-state index >= 15 is 0 Å². The molecule has 0 aliphatic heterocycles. The number of carbonyl (C=O) groups excluding carboxylic acids is 1. The monoisotopic (exact) mass is 395 g/mol. The highest BCUT2D eigenvalue weighted by Gasteiger charge is 2.22. The van der Waals surface area contributed by atoms with E-state index in [0.29, 0.717) is 4.47 Å². The lowest BCUT2D eigenvalue weighted by Crippen LogP contribution is -2.36. The Morgan fingerprint density at radius 1 is 1.33 bits per heavy atom. The molecule has 128 valence electrons. The van der Waals surface area contributed by atoms with Gasteiger partial charge >= 0.3 is 6.09 Å². The Morgan fingerprint density at radius 2 is 2.04 bits per heavy atom. The normalized spacial score (nSPS) is 13.1. The first kappa shape index (κ1) is 18.2. The van der Waals surface area contributed by atoms with E-state index in [1.165, 1.54) is 6.20 Å². The average Bonchev–Trinajstić information content (AvgIpc) is 2.60. The van der Waals surface area contributed by atoms with E-state index in [0.717, 1.165) is 5.56 Å². The fourth-order valence-corrected chi connectivity index (χ4v) is 2.33. The van der Waals surface area contributed by atoms with Crippen LogP contribution in [0.4, 0.5) is 10.6 Å². The molecule has 2 atom stereocenters. The average molecular weight is 396 g/mol. The Hall–Kier alpha value is -2.16. The first-order valence-electron chi connectivity index (χ1n) is 7.19. The number of amides is 1. The van der Waals surface area contributed by atoms with Crippen molar-refractivity contribution in [2.24, 2.45) is 0 Å². The number of alkyl carbamates (subject to hydrolysis) is 1. The minimum absolute atomic E-state index is 0.108. The smallest absolute Gasteiger partial charge is 0.407 e. The molecule has 2 aromatic rings. The quantitative estimate of drug-likeness (QED) is 0.591. The van der Waals surface area contributed by atoms with Gasteiger partial charge in [0.1, 0.15) is 24.6 Å². The van der Waals surface area contributed by atoms with Gasteiger partial charge < -0.3 is 26.0 Å². The summed E-state index contributed by atoms with van der Waals surface area (Å²) in [6.07, 6.45) is -1.75. The molecule has 0 fully saturated rings. The van der Waals surface area contributed by atoms with E-state index in [-0.39, 0.29) is 24.5 Å². The number of hydrogen-bond donors (Lipinski definition) is 4. The molecule has 24 heavy (non-hydrogen) atoms. The van der Waals surface area contributed by atoms with Crippen LogP contribution in [0.5, 0.6) is 0 Å². The molecule has 2 rings (SSSR count). The molecule has 1 amide bonds. The third-order valence-corrected chi connectivity index (χ3v) is 3.70. The lowest BCUT2D eigenvalue weighted by Gasteiger charge is -2.19. The molecule has 0 saturated carbocycles. The number of anilines is 1. The van der Waals surface area contributed by atoms with Gasteiger partial charge in [-0.3, -0.25) is 0 Å². The molecule has 0 saturated heterocycles. The first-order chi connectivity index (χ1) is 11.5. The summed E-state index contributed by atoms with van der Waals surface area (Å²) in [6, 6.07) is 10.8.